The maximum Gasteiger partial charge on any atom is 0.188 e. The lowest BCUT2D eigenvalue weighted by Crippen LogP contribution is -2.35. The van der Waals surface area contributed by atoms with Crippen LogP contribution in [0.4, 0.5) is 0 Å². The molecule has 0 spiro atoms. The van der Waals surface area contributed by atoms with Crippen LogP contribution in [0.2, 0.25) is 0 Å². The summed E-state index contributed by atoms with van der Waals surface area (Å²) in [6.07, 6.45) is 2.56. The Morgan fingerprint density at radius 3 is 2.89 bits per heavy atom. The molecule has 0 saturated carbocycles. The summed E-state index contributed by atoms with van der Waals surface area (Å²) >= 11 is 0. The van der Waals surface area contributed by atoms with Crippen LogP contribution in [-0.2, 0) is 5.60 Å². The maximum absolute atomic E-state index is 10.2. The van der Waals surface area contributed by atoms with Gasteiger partial charge in [0.2, 0.25) is 0 Å². The first-order valence-electron chi connectivity index (χ1n) is 6.22. The van der Waals surface area contributed by atoms with E-state index in [1.807, 2.05) is 0 Å². The summed E-state index contributed by atoms with van der Waals surface area (Å²) in [4.78, 5) is 4.12. The van der Waals surface area contributed by atoms with Gasteiger partial charge in [0.25, 0.3) is 0 Å². The highest BCUT2D eigenvalue weighted by Crippen LogP contribution is 2.20. The lowest BCUT2D eigenvalue weighted by Gasteiger charge is -2.18. The van der Waals surface area contributed by atoms with Crippen molar-refractivity contribution < 1.29 is 9.52 Å². The fraction of sp³-hybridized carbons (Fsp3) is 0.615. The number of aliphatic hydroxyl groups is 1. The van der Waals surface area contributed by atoms with E-state index in [0.29, 0.717) is 17.6 Å². The molecule has 5 nitrogen and oxygen atoms in total. The zero-order valence-corrected chi connectivity index (χ0v) is 11.3. The van der Waals surface area contributed by atoms with Gasteiger partial charge in [0.1, 0.15) is 11.4 Å². The molecule has 0 bridgehead atoms. The number of guanidine groups is 1. The second-order valence-electron chi connectivity index (χ2n) is 5.06. The van der Waals surface area contributed by atoms with Gasteiger partial charge in [-0.1, -0.05) is 13.8 Å². The van der Waals surface area contributed by atoms with Gasteiger partial charge in [0.15, 0.2) is 5.96 Å². The van der Waals surface area contributed by atoms with E-state index in [4.69, 9.17) is 10.2 Å². The van der Waals surface area contributed by atoms with Gasteiger partial charge < -0.3 is 20.6 Å². The van der Waals surface area contributed by atoms with Gasteiger partial charge >= 0.3 is 0 Å². The van der Waals surface area contributed by atoms with Crippen molar-refractivity contribution >= 4 is 5.96 Å². The molecule has 0 aliphatic carbocycles. The third-order valence-corrected chi connectivity index (χ3v) is 2.64. The molecule has 1 aromatic rings. The Balaban J connectivity index is 2.42. The van der Waals surface area contributed by atoms with Gasteiger partial charge in [0.05, 0.1) is 12.8 Å². The van der Waals surface area contributed by atoms with Crippen LogP contribution in [0.25, 0.3) is 0 Å². The number of nitrogens with two attached hydrogens (primary N) is 1. The lowest BCUT2D eigenvalue weighted by molar-refractivity contribution is 0.0437. The second kappa shape index (κ2) is 6.44. The smallest absolute Gasteiger partial charge is 0.188 e. The van der Waals surface area contributed by atoms with Crippen LogP contribution >= 0.6 is 0 Å². The fourth-order valence-electron chi connectivity index (χ4n) is 1.45. The van der Waals surface area contributed by atoms with Gasteiger partial charge in [-0.2, -0.15) is 0 Å². The Morgan fingerprint density at radius 1 is 1.61 bits per heavy atom. The standard InChI is InChI=1S/C13H23N3O2/c1-10(2)6-7-15-12(14)16-9-13(3,17)11-5-4-8-18-11/h4-5,8,10,17H,6-7,9H2,1-3H3,(H3,14,15,16). The van der Waals surface area contributed by atoms with E-state index in [0.717, 1.165) is 13.0 Å². The van der Waals surface area contributed by atoms with Crippen LogP contribution in [0.3, 0.4) is 0 Å². The summed E-state index contributed by atoms with van der Waals surface area (Å²) in [5, 5.41) is 13.2. The zero-order valence-electron chi connectivity index (χ0n) is 11.3. The molecule has 0 fully saturated rings. The highest BCUT2D eigenvalue weighted by Gasteiger charge is 2.25. The molecular weight excluding hydrogens is 230 g/mol. The topological polar surface area (TPSA) is 83.8 Å². The summed E-state index contributed by atoms with van der Waals surface area (Å²) in [5.74, 6) is 1.46. The van der Waals surface area contributed by atoms with E-state index >= 15 is 0 Å². The SMILES string of the molecule is CC(C)CCNC(N)=NCC(C)(O)c1ccco1. The zero-order chi connectivity index (χ0) is 13.6. The Morgan fingerprint density at radius 2 is 2.33 bits per heavy atom. The molecule has 0 aliphatic heterocycles. The van der Waals surface area contributed by atoms with E-state index in [2.05, 4.69) is 24.2 Å². The van der Waals surface area contributed by atoms with Gasteiger partial charge in [-0.25, -0.2) is 4.99 Å². The first kappa shape index (κ1) is 14.6. The third-order valence-electron chi connectivity index (χ3n) is 2.64. The molecule has 0 saturated heterocycles. The molecular formula is C13H23N3O2. The molecule has 0 aliphatic rings. The first-order valence-corrected chi connectivity index (χ1v) is 6.22. The first-order chi connectivity index (χ1) is 8.42. The molecule has 1 aromatic heterocycles. The average molecular weight is 253 g/mol. The van der Waals surface area contributed by atoms with E-state index < -0.39 is 5.60 Å². The van der Waals surface area contributed by atoms with Crippen LogP contribution in [0.15, 0.2) is 27.8 Å². The second-order valence-corrected chi connectivity index (χ2v) is 5.06. The van der Waals surface area contributed by atoms with Crippen molar-refractivity contribution in [1.82, 2.24) is 5.32 Å². The lowest BCUT2D eigenvalue weighted by atomic mass is 10.0. The van der Waals surface area contributed by atoms with E-state index in [1.165, 1.54) is 6.26 Å². The predicted molar refractivity (Wildman–Crippen MR) is 72.2 cm³/mol. The molecule has 0 amide bonds. The summed E-state index contributed by atoms with van der Waals surface area (Å²) in [6.45, 7) is 6.90. The molecule has 0 aromatic carbocycles. The number of rotatable bonds is 6. The molecule has 1 atom stereocenters. The predicted octanol–water partition coefficient (Wildman–Crippen LogP) is 1.44. The minimum atomic E-state index is -1.13. The minimum Gasteiger partial charge on any atom is -0.466 e. The number of furan rings is 1. The van der Waals surface area contributed by atoms with Crippen LogP contribution < -0.4 is 11.1 Å². The van der Waals surface area contributed by atoms with Crippen LogP contribution in [-0.4, -0.2) is 24.2 Å². The van der Waals surface area contributed by atoms with Gasteiger partial charge in [-0.05, 0) is 31.4 Å². The van der Waals surface area contributed by atoms with Crippen LogP contribution in [0.5, 0.6) is 0 Å². The molecule has 4 N–H and O–H groups in total. The van der Waals surface area contributed by atoms with Crippen LogP contribution in [0.1, 0.15) is 33.0 Å². The molecule has 1 unspecified atom stereocenters. The molecule has 5 heteroatoms. The van der Waals surface area contributed by atoms with Gasteiger partial charge in [-0.3, -0.25) is 0 Å². The average Bonchev–Trinajstić information content (AvgIpc) is 2.80. The molecule has 1 rings (SSSR count). The van der Waals surface area contributed by atoms with Crippen molar-refractivity contribution in [3.05, 3.63) is 24.2 Å². The monoisotopic (exact) mass is 253 g/mol. The van der Waals surface area contributed by atoms with Crippen molar-refractivity contribution in [1.29, 1.82) is 0 Å². The normalized spacial score (nSPS) is 15.7. The van der Waals surface area contributed by atoms with Gasteiger partial charge in [0, 0.05) is 6.54 Å². The van der Waals surface area contributed by atoms with Crippen molar-refractivity contribution in [2.75, 3.05) is 13.1 Å². The minimum absolute atomic E-state index is 0.168. The summed E-state index contributed by atoms with van der Waals surface area (Å²) < 4.78 is 5.16. The number of hydrogen-bond donors (Lipinski definition) is 3. The van der Waals surface area contributed by atoms with Crippen molar-refractivity contribution in [3.8, 4) is 0 Å². The Labute approximate surface area is 108 Å². The summed E-state index contributed by atoms with van der Waals surface area (Å²) in [7, 11) is 0. The molecule has 1 heterocycles. The fourth-order valence-corrected chi connectivity index (χ4v) is 1.45. The highest BCUT2D eigenvalue weighted by molar-refractivity contribution is 5.77. The number of aliphatic imine (C=N–C) groups is 1. The number of hydrogen-bond acceptors (Lipinski definition) is 3. The summed E-state index contributed by atoms with van der Waals surface area (Å²) in [5.41, 5.74) is 4.59. The molecule has 0 radical (unpaired) electrons. The Bertz CT molecular complexity index is 370. The van der Waals surface area contributed by atoms with Crippen molar-refractivity contribution in [2.45, 2.75) is 32.8 Å². The summed E-state index contributed by atoms with van der Waals surface area (Å²) in [6, 6.07) is 3.45. The largest absolute Gasteiger partial charge is 0.466 e. The molecule has 18 heavy (non-hydrogen) atoms. The third kappa shape index (κ3) is 4.79. The Hall–Kier alpha value is -1.49. The van der Waals surface area contributed by atoms with Gasteiger partial charge in [-0.15, -0.1) is 0 Å². The Kier molecular flexibility index (Phi) is 5.22. The van der Waals surface area contributed by atoms with E-state index in [1.54, 1.807) is 19.1 Å². The van der Waals surface area contributed by atoms with Crippen LogP contribution in [0, 0.1) is 5.92 Å². The van der Waals surface area contributed by atoms with Crippen molar-refractivity contribution in [3.63, 3.8) is 0 Å². The maximum atomic E-state index is 10.2. The van der Waals surface area contributed by atoms with E-state index in [9.17, 15) is 5.11 Å². The highest BCUT2D eigenvalue weighted by atomic mass is 16.4. The number of nitrogens with one attached hydrogen (secondary N) is 1. The quantitative estimate of drug-likeness (QED) is 0.529. The molecule has 102 valence electrons. The number of nitrogens with zero attached hydrogens (tertiary/aromatic N) is 1. The van der Waals surface area contributed by atoms with Crippen molar-refractivity contribution in [2.24, 2.45) is 16.6 Å². The van der Waals surface area contributed by atoms with E-state index in [-0.39, 0.29) is 6.54 Å².